The van der Waals surface area contributed by atoms with Gasteiger partial charge in [0.25, 0.3) is 0 Å². The fourth-order valence-corrected chi connectivity index (χ4v) is 2.01. The number of Topliss-reactive ketones (excluding diaryl/α,β-unsaturated/α-hetero) is 1. The lowest BCUT2D eigenvalue weighted by Crippen LogP contribution is -2.45. The van der Waals surface area contributed by atoms with Crippen molar-refractivity contribution < 1.29 is 14.3 Å². The quantitative estimate of drug-likeness (QED) is 0.742. The Bertz CT molecular complexity index is 234. The third-order valence-corrected chi connectivity index (χ3v) is 3.30. The van der Waals surface area contributed by atoms with Crippen molar-refractivity contribution in [1.29, 1.82) is 0 Å². The SMILES string of the molecule is COC1(C(=O)CCC(C)(C)C)CCOCC1. The lowest BCUT2D eigenvalue weighted by molar-refractivity contribution is -0.153. The highest BCUT2D eigenvalue weighted by atomic mass is 16.5. The second-order valence-corrected chi connectivity index (χ2v) is 5.79. The van der Waals surface area contributed by atoms with Gasteiger partial charge in [0, 0.05) is 39.6 Å². The summed E-state index contributed by atoms with van der Waals surface area (Å²) in [6.07, 6.45) is 2.92. The van der Waals surface area contributed by atoms with Gasteiger partial charge in [-0.3, -0.25) is 4.79 Å². The predicted octanol–water partition coefficient (Wildman–Crippen LogP) is 2.58. The molecule has 1 fully saturated rings. The van der Waals surface area contributed by atoms with Crippen LogP contribution in [0.25, 0.3) is 0 Å². The first-order valence-electron chi connectivity index (χ1n) is 6.06. The Hall–Kier alpha value is -0.410. The van der Waals surface area contributed by atoms with Gasteiger partial charge in [-0.05, 0) is 11.8 Å². The third kappa shape index (κ3) is 3.56. The van der Waals surface area contributed by atoms with Crippen molar-refractivity contribution in [2.24, 2.45) is 5.41 Å². The summed E-state index contributed by atoms with van der Waals surface area (Å²) in [5, 5.41) is 0. The molecule has 1 aliphatic rings. The maximum Gasteiger partial charge on any atom is 0.164 e. The first-order chi connectivity index (χ1) is 7.40. The van der Waals surface area contributed by atoms with Crippen LogP contribution in [0.1, 0.15) is 46.5 Å². The Morgan fingerprint density at radius 3 is 2.31 bits per heavy atom. The number of rotatable bonds is 4. The summed E-state index contributed by atoms with van der Waals surface area (Å²) >= 11 is 0. The van der Waals surface area contributed by atoms with Crippen LogP contribution in [0.5, 0.6) is 0 Å². The summed E-state index contributed by atoms with van der Waals surface area (Å²) in [5.74, 6) is 0.244. The van der Waals surface area contributed by atoms with Gasteiger partial charge in [-0.15, -0.1) is 0 Å². The Labute approximate surface area is 98.5 Å². The Morgan fingerprint density at radius 2 is 1.88 bits per heavy atom. The van der Waals surface area contributed by atoms with E-state index in [1.807, 2.05) is 0 Å². The summed E-state index contributed by atoms with van der Waals surface area (Å²) < 4.78 is 10.8. The molecule has 1 rings (SSSR count). The number of ether oxygens (including phenoxy) is 2. The number of methoxy groups -OCH3 is 1. The van der Waals surface area contributed by atoms with Gasteiger partial charge in [0.15, 0.2) is 5.78 Å². The molecule has 1 aliphatic heterocycles. The van der Waals surface area contributed by atoms with E-state index in [2.05, 4.69) is 20.8 Å². The van der Waals surface area contributed by atoms with Crippen molar-refractivity contribution >= 4 is 5.78 Å². The first kappa shape index (κ1) is 13.7. The summed E-state index contributed by atoms with van der Waals surface area (Å²) in [7, 11) is 1.64. The molecule has 0 aromatic carbocycles. The fraction of sp³-hybridized carbons (Fsp3) is 0.923. The molecule has 0 atom stereocenters. The molecule has 0 aromatic heterocycles. The normalized spacial score (nSPS) is 20.8. The average Bonchev–Trinajstić information content (AvgIpc) is 2.25. The molecule has 3 nitrogen and oxygen atoms in total. The Balaban J connectivity index is 2.55. The molecule has 1 saturated heterocycles. The number of carbonyl (C=O) groups is 1. The monoisotopic (exact) mass is 228 g/mol. The zero-order valence-corrected chi connectivity index (χ0v) is 11.0. The van der Waals surface area contributed by atoms with Crippen LogP contribution in [-0.2, 0) is 14.3 Å². The molecule has 94 valence electrons. The van der Waals surface area contributed by atoms with Crippen LogP contribution >= 0.6 is 0 Å². The van der Waals surface area contributed by atoms with Gasteiger partial charge in [0.05, 0.1) is 0 Å². The summed E-state index contributed by atoms with van der Waals surface area (Å²) in [5.41, 5.74) is -0.362. The van der Waals surface area contributed by atoms with E-state index in [-0.39, 0.29) is 11.2 Å². The minimum absolute atomic E-state index is 0.204. The van der Waals surface area contributed by atoms with Gasteiger partial charge in [-0.2, -0.15) is 0 Å². The molecule has 0 spiro atoms. The van der Waals surface area contributed by atoms with Crippen molar-refractivity contribution in [3.8, 4) is 0 Å². The summed E-state index contributed by atoms with van der Waals surface area (Å²) in [6.45, 7) is 7.74. The number of hydrogen-bond acceptors (Lipinski definition) is 3. The number of hydrogen-bond donors (Lipinski definition) is 0. The zero-order valence-electron chi connectivity index (χ0n) is 11.0. The lowest BCUT2D eigenvalue weighted by Gasteiger charge is -2.35. The second kappa shape index (κ2) is 5.28. The van der Waals surface area contributed by atoms with E-state index in [0.29, 0.717) is 32.5 Å². The van der Waals surface area contributed by atoms with E-state index in [9.17, 15) is 4.79 Å². The highest BCUT2D eigenvalue weighted by Crippen LogP contribution is 2.30. The average molecular weight is 228 g/mol. The van der Waals surface area contributed by atoms with Gasteiger partial charge in [0.2, 0.25) is 0 Å². The maximum absolute atomic E-state index is 12.2. The van der Waals surface area contributed by atoms with Crippen molar-refractivity contribution in [2.45, 2.75) is 52.1 Å². The minimum Gasteiger partial charge on any atom is -0.381 e. The van der Waals surface area contributed by atoms with Crippen molar-refractivity contribution in [3.05, 3.63) is 0 Å². The van der Waals surface area contributed by atoms with Gasteiger partial charge in [0.1, 0.15) is 5.60 Å². The van der Waals surface area contributed by atoms with E-state index < -0.39 is 5.60 Å². The standard InChI is InChI=1S/C13H24O3/c1-12(2,3)6-5-11(14)13(15-4)7-9-16-10-8-13/h5-10H2,1-4H3. The fourth-order valence-electron chi connectivity index (χ4n) is 2.01. The van der Waals surface area contributed by atoms with Crippen LogP contribution in [0.3, 0.4) is 0 Å². The Kier molecular flexibility index (Phi) is 4.51. The van der Waals surface area contributed by atoms with E-state index in [1.54, 1.807) is 7.11 Å². The van der Waals surface area contributed by atoms with Gasteiger partial charge < -0.3 is 9.47 Å². The molecule has 1 heterocycles. The zero-order chi connectivity index (χ0) is 12.2. The van der Waals surface area contributed by atoms with Crippen LogP contribution in [0.4, 0.5) is 0 Å². The molecule has 0 unspecified atom stereocenters. The van der Waals surface area contributed by atoms with Crippen molar-refractivity contribution in [1.82, 2.24) is 0 Å². The van der Waals surface area contributed by atoms with Crippen LogP contribution in [0, 0.1) is 5.41 Å². The molecule has 16 heavy (non-hydrogen) atoms. The van der Waals surface area contributed by atoms with E-state index in [0.717, 1.165) is 6.42 Å². The van der Waals surface area contributed by atoms with Gasteiger partial charge in [-0.1, -0.05) is 20.8 Å². The molecular weight excluding hydrogens is 204 g/mol. The largest absolute Gasteiger partial charge is 0.381 e. The van der Waals surface area contributed by atoms with Crippen LogP contribution in [0.2, 0.25) is 0 Å². The highest BCUT2D eigenvalue weighted by Gasteiger charge is 2.39. The molecule has 0 saturated carbocycles. The lowest BCUT2D eigenvalue weighted by atomic mass is 9.82. The van der Waals surface area contributed by atoms with E-state index >= 15 is 0 Å². The second-order valence-electron chi connectivity index (χ2n) is 5.79. The molecular formula is C13H24O3. The number of carbonyl (C=O) groups excluding carboxylic acids is 1. The van der Waals surface area contributed by atoms with Crippen LogP contribution in [0.15, 0.2) is 0 Å². The molecule has 0 amide bonds. The van der Waals surface area contributed by atoms with Crippen LogP contribution in [-0.4, -0.2) is 31.7 Å². The minimum atomic E-state index is -0.566. The van der Waals surface area contributed by atoms with Gasteiger partial charge >= 0.3 is 0 Å². The Morgan fingerprint density at radius 1 is 1.31 bits per heavy atom. The smallest absolute Gasteiger partial charge is 0.164 e. The van der Waals surface area contributed by atoms with E-state index in [1.165, 1.54) is 0 Å². The van der Waals surface area contributed by atoms with E-state index in [4.69, 9.17) is 9.47 Å². The molecule has 0 aromatic rings. The topological polar surface area (TPSA) is 35.5 Å². The predicted molar refractivity (Wildman–Crippen MR) is 63.5 cm³/mol. The molecule has 0 bridgehead atoms. The van der Waals surface area contributed by atoms with Gasteiger partial charge in [-0.25, -0.2) is 0 Å². The molecule has 3 heteroatoms. The van der Waals surface area contributed by atoms with Crippen LogP contribution < -0.4 is 0 Å². The number of ketones is 1. The molecule has 0 aliphatic carbocycles. The molecule has 0 N–H and O–H groups in total. The third-order valence-electron chi connectivity index (χ3n) is 3.30. The van der Waals surface area contributed by atoms with Crippen molar-refractivity contribution in [2.75, 3.05) is 20.3 Å². The first-order valence-corrected chi connectivity index (χ1v) is 6.06. The van der Waals surface area contributed by atoms with Crippen molar-refractivity contribution in [3.63, 3.8) is 0 Å². The summed E-state index contributed by atoms with van der Waals surface area (Å²) in [4.78, 5) is 12.2. The highest BCUT2D eigenvalue weighted by molar-refractivity contribution is 5.87. The summed E-state index contributed by atoms with van der Waals surface area (Å²) in [6, 6.07) is 0. The maximum atomic E-state index is 12.2. The molecule has 0 radical (unpaired) electrons.